The molecule has 1 N–H and O–H groups in total. The van der Waals surface area contributed by atoms with Crippen molar-refractivity contribution in [3.63, 3.8) is 0 Å². The third-order valence-electron chi connectivity index (χ3n) is 5.33. The smallest absolute Gasteiger partial charge is 0.224 e. The fourth-order valence-corrected chi connectivity index (χ4v) is 3.89. The van der Waals surface area contributed by atoms with Crippen LogP contribution < -0.4 is 5.32 Å². The largest absolute Gasteiger partial charge is 0.355 e. The summed E-state index contributed by atoms with van der Waals surface area (Å²) in [5.74, 6) is 0.343. The van der Waals surface area contributed by atoms with Crippen LogP contribution in [0.4, 0.5) is 0 Å². The Hall–Kier alpha value is -3.14. The predicted molar refractivity (Wildman–Crippen MR) is 111 cm³/mol. The van der Waals surface area contributed by atoms with Crippen molar-refractivity contribution in [2.75, 3.05) is 13.1 Å². The highest BCUT2D eigenvalue weighted by Gasteiger charge is 2.29. The Morgan fingerprint density at radius 2 is 1.71 bits per heavy atom. The molecule has 0 radical (unpaired) electrons. The maximum Gasteiger partial charge on any atom is 0.224 e. The number of fused-ring (bicyclic) bond motifs is 1. The number of carbonyl (C=O) groups excluding carboxylic acids is 2. The average molecular weight is 372 g/mol. The Kier molecular flexibility index (Phi) is 5.38. The number of benzene rings is 3. The Morgan fingerprint density at radius 1 is 0.964 bits per heavy atom. The minimum atomic E-state index is 0.00492. The molecular weight excluding hydrogens is 348 g/mol. The second-order valence-corrected chi connectivity index (χ2v) is 7.45. The van der Waals surface area contributed by atoms with Gasteiger partial charge in [0.2, 0.25) is 11.8 Å². The van der Waals surface area contributed by atoms with E-state index in [1.165, 1.54) is 0 Å². The van der Waals surface area contributed by atoms with Crippen LogP contribution >= 0.6 is 0 Å². The molecule has 4 heteroatoms. The quantitative estimate of drug-likeness (QED) is 0.719. The molecule has 1 heterocycles. The Morgan fingerprint density at radius 3 is 2.57 bits per heavy atom. The van der Waals surface area contributed by atoms with Crippen molar-refractivity contribution in [2.24, 2.45) is 5.92 Å². The fourth-order valence-electron chi connectivity index (χ4n) is 3.89. The summed E-state index contributed by atoms with van der Waals surface area (Å²) >= 11 is 0. The van der Waals surface area contributed by atoms with Crippen LogP contribution in [0.1, 0.15) is 17.5 Å². The zero-order chi connectivity index (χ0) is 19.3. The van der Waals surface area contributed by atoms with Gasteiger partial charge in [-0.1, -0.05) is 72.8 Å². The molecule has 2 amide bonds. The van der Waals surface area contributed by atoms with Crippen molar-refractivity contribution >= 4 is 22.6 Å². The number of carbonyl (C=O) groups is 2. The van der Waals surface area contributed by atoms with Crippen molar-refractivity contribution in [1.82, 2.24) is 10.2 Å². The molecule has 1 fully saturated rings. The monoisotopic (exact) mass is 372 g/mol. The van der Waals surface area contributed by atoms with Crippen LogP contribution in [-0.2, 0) is 22.6 Å². The van der Waals surface area contributed by atoms with Crippen LogP contribution in [0.5, 0.6) is 0 Å². The summed E-state index contributed by atoms with van der Waals surface area (Å²) in [6, 6.07) is 24.2. The standard InChI is InChI=1S/C24H24N2O2/c27-23(14-21-11-6-10-20-9-4-5-12-22(20)21)25-15-19-13-24(28)26(17-19)16-18-7-2-1-3-8-18/h1-12,19H,13-17H2,(H,25,27). The molecule has 1 aliphatic heterocycles. The SMILES string of the molecule is O=C(Cc1cccc2ccccc12)NCC1CC(=O)N(Cc2ccccc2)C1. The van der Waals surface area contributed by atoms with E-state index in [2.05, 4.69) is 23.5 Å². The normalized spacial score (nSPS) is 16.5. The highest BCUT2D eigenvalue weighted by Crippen LogP contribution is 2.21. The van der Waals surface area contributed by atoms with Crippen molar-refractivity contribution in [3.8, 4) is 0 Å². The molecule has 3 aromatic rings. The minimum Gasteiger partial charge on any atom is -0.355 e. The Labute approximate surface area is 165 Å². The molecule has 1 unspecified atom stereocenters. The maximum absolute atomic E-state index is 12.5. The molecule has 1 saturated heterocycles. The molecule has 0 bridgehead atoms. The van der Waals surface area contributed by atoms with Crippen LogP contribution in [0, 0.1) is 5.92 Å². The van der Waals surface area contributed by atoms with Gasteiger partial charge < -0.3 is 10.2 Å². The zero-order valence-corrected chi connectivity index (χ0v) is 15.8. The predicted octanol–water partition coefficient (Wildman–Crippen LogP) is 3.55. The molecule has 28 heavy (non-hydrogen) atoms. The van der Waals surface area contributed by atoms with E-state index < -0.39 is 0 Å². The van der Waals surface area contributed by atoms with Gasteiger partial charge >= 0.3 is 0 Å². The molecule has 1 atom stereocenters. The molecule has 3 aromatic carbocycles. The molecule has 1 aliphatic rings. The minimum absolute atomic E-state index is 0.00492. The summed E-state index contributed by atoms with van der Waals surface area (Å²) in [5, 5.41) is 5.29. The van der Waals surface area contributed by atoms with Crippen molar-refractivity contribution in [2.45, 2.75) is 19.4 Å². The van der Waals surface area contributed by atoms with Gasteiger partial charge in [0.05, 0.1) is 6.42 Å². The lowest BCUT2D eigenvalue weighted by molar-refractivity contribution is -0.128. The van der Waals surface area contributed by atoms with Gasteiger partial charge in [-0.25, -0.2) is 0 Å². The first-order chi connectivity index (χ1) is 13.7. The average Bonchev–Trinajstić information content (AvgIpc) is 3.07. The summed E-state index contributed by atoms with van der Waals surface area (Å²) in [5.41, 5.74) is 2.17. The number of amides is 2. The topological polar surface area (TPSA) is 49.4 Å². The molecule has 0 spiro atoms. The van der Waals surface area contributed by atoms with Crippen LogP contribution in [-0.4, -0.2) is 29.8 Å². The highest BCUT2D eigenvalue weighted by atomic mass is 16.2. The molecule has 4 rings (SSSR count). The lowest BCUT2D eigenvalue weighted by atomic mass is 10.0. The van der Waals surface area contributed by atoms with Crippen molar-refractivity contribution < 1.29 is 9.59 Å². The fraction of sp³-hybridized carbons (Fsp3) is 0.250. The Bertz CT molecular complexity index is 979. The lowest BCUT2D eigenvalue weighted by Gasteiger charge is -2.17. The lowest BCUT2D eigenvalue weighted by Crippen LogP contribution is -2.32. The second-order valence-electron chi connectivity index (χ2n) is 7.45. The van der Waals surface area contributed by atoms with E-state index in [0.29, 0.717) is 32.5 Å². The molecule has 0 aromatic heterocycles. The first-order valence-electron chi connectivity index (χ1n) is 9.74. The van der Waals surface area contributed by atoms with Gasteiger partial charge in [0.15, 0.2) is 0 Å². The van der Waals surface area contributed by atoms with Crippen molar-refractivity contribution in [3.05, 3.63) is 83.9 Å². The van der Waals surface area contributed by atoms with Crippen LogP contribution in [0.15, 0.2) is 72.8 Å². The van der Waals surface area contributed by atoms with Gasteiger partial charge in [-0.05, 0) is 21.9 Å². The number of nitrogens with zero attached hydrogens (tertiary/aromatic N) is 1. The van der Waals surface area contributed by atoms with Crippen LogP contribution in [0.25, 0.3) is 10.8 Å². The number of nitrogens with one attached hydrogen (secondary N) is 1. The first-order valence-corrected chi connectivity index (χ1v) is 9.74. The van der Waals surface area contributed by atoms with E-state index in [-0.39, 0.29) is 17.7 Å². The maximum atomic E-state index is 12.5. The summed E-state index contributed by atoms with van der Waals surface area (Å²) in [7, 11) is 0. The van der Waals surface area contributed by atoms with E-state index in [0.717, 1.165) is 21.9 Å². The number of hydrogen-bond donors (Lipinski definition) is 1. The van der Waals surface area contributed by atoms with Gasteiger partial charge in [0.25, 0.3) is 0 Å². The van der Waals surface area contributed by atoms with Gasteiger partial charge in [0.1, 0.15) is 0 Å². The van der Waals surface area contributed by atoms with Crippen LogP contribution in [0.2, 0.25) is 0 Å². The van der Waals surface area contributed by atoms with E-state index >= 15 is 0 Å². The summed E-state index contributed by atoms with van der Waals surface area (Å²) < 4.78 is 0. The molecule has 142 valence electrons. The zero-order valence-electron chi connectivity index (χ0n) is 15.8. The van der Waals surface area contributed by atoms with Gasteiger partial charge in [-0.3, -0.25) is 9.59 Å². The number of hydrogen-bond acceptors (Lipinski definition) is 2. The molecular formula is C24H24N2O2. The second kappa shape index (κ2) is 8.26. The van der Waals surface area contributed by atoms with Crippen molar-refractivity contribution in [1.29, 1.82) is 0 Å². The Balaban J connectivity index is 1.31. The van der Waals surface area contributed by atoms with Crippen LogP contribution in [0.3, 0.4) is 0 Å². The summed E-state index contributed by atoms with van der Waals surface area (Å²) in [6.45, 7) is 1.88. The third-order valence-corrected chi connectivity index (χ3v) is 5.33. The molecule has 4 nitrogen and oxygen atoms in total. The first kappa shape index (κ1) is 18.2. The number of rotatable bonds is 6. The number of likely N-dealkylation sites (tertiary alicyclic amines) is 1. The van der Waals surface area contributed by atoms with Gasteiger partial charge in [-0.2, -0.15) is 0 Å². The van der Waals surface area contributed by atoms with Gasteiger partial charge in [0, 0.05) is 32.0 Å². The van der Waals surface area contributed by atoms with E-state index in [1.54, 1.807) is 0 Å². The van der Waals surface area contributed by atoms with E-state index in [4.69, 9.17) is 0 Å². The summed E-state index contributed by atoms with van der Waals surface area (Å²) in [6.07, 6.45) is 0.858. The third kappa shape index (κ3) is 4.22. The molecule has 0 aliphatic carbocycles. The summed E-state index contributed by atoms with van der Waals surface area (Å²) in [4.78, 5) is 26.6. The van der Waals surface area contributed by atoms with E-state index in [1.807, 2.05) is 59.5 Å². The molecule has 0 saturated carbocycles. The highest BCUT2D eigenvalue weighted by molar-refractivity contribution is 5.90. The van der Waals surface area contributed by atoms with E-state index in [9.17, 15) is 9.59 Å². The van der Waals surface area contributed by atoms with Gasteiger partial charge in [-0.15, -0.1) is 0 Å².